The molecular formula is C21H24N4O4S. The first-order valence-corrected chi connectivity index (χ1v) is 12.1. The zero-order chi connectivity index (χ0) is 21.2. The molecule has 2 aliphatic heterocycles. The highest BCUT2D eigenvalue weighted by atomic mass is 32.2. The van der Waals surface area contributed by atoms with Crippen molar-refractivity contribution in [3.05, 3.63) is 30.6 Å². The van der Waals surface area contributed by atoms with Gasteiger partial charge in [-0.2, -0.15) is 5.10 Å². The van der Waals surface area contributed by atoms with Gasteiger partial charge in [0.1, 0.15) is 0 Å². The average molecular weight is 429 g/mol. The monoisotopic (exact) mass is 428 g/mol. The van der Waals surface area contributed by atoms with Crippen molar-refractivity contribution < 1.29 is 18.0 Å². The fourth-order valence-electron chi connectivity index (χ4n) is 4.42. The second-order valence-corrected chi connectivity index (χ2v) is 10.8. The predicted molar refractivity (Wildman–Crippen MR) is 113 cm³/mol. The Kier molecular flexibility index (Phi) is 4.29. The van der Waals surface area contributed by atoms with E-state index in [0.717, 1.165) is 35.3 Å². The molecule has 2 fully saturated rings. The molecule has 0 radical (unpaired) electrons. The van der Waals surface area contributed by atoms with Crippen LogP contribution in [0.25, 0.3) is 11.1 Å². The molecule has 1 aromatic heterocycles. The summed E-state index contributed by atoms with van der Waals surface area (Å²) in [5, 5.41) is 4.35. The molecule has 0 N–H and O–H groups in total. The van der Waals surface area contributed by atoms with E-state index < -0.39 is 9.84 Å². The van der Waals surface area contributed by atoms with Crippen LogP contribution in [0.5, 0.6) is 0 Å². The minimum Gasteiger partial charge on any atom is -0.308 e. The second kappa shape index (κ2) is 6.66. The molecule has 1 aliphatic carbocycles. The molecule has 9 heteroatoms. The van der Waals surface area contributed by atoms with Gasteiger partial charge in [0.25, 0.3) is 0 Å². The van der Waals surface area contributed by atoms with Gasteiger partial charge in [0.2, 0.25) is 11.8 Å². The molecule has 1 saturated carbocycles. The Morgan fingerprint density at radius 3 is 2.47 bits per heavy atom. The van der Waals surface area contributed by atoms with E-state index in [0.29, 0.717) is 6.54 Å². The molecule has 1 atom stereocenters. The van der Waals surface area contributed by atoms with E-state index in [1.807, 2.05) is 36.2 Å². The number of rotatable bonds is 3. The van der Waals surface area contributed by atoms with E-state index in [4.69, 9.17) is 0 Å². The highest BCUT2D eigenvalue weighted by molar-refractivity contribution is 7.92. The van der Waals surface area contributed by atoms with Crippen molar-refractivity contribution >= 4 is 33.0 Å². The van der Waals surface area contributed by atoms with Gasteiger partial charge in [0, 0.05) is 31.1 Å². The fraction of sp³-hybridized carbons (Fsp3) is 0.476. The molecule has 3 heterocycles. The molecule has 2 aromatic rings. The molecule has 0 spiro atoms. The Balaban J connectivity index is 1.52. The van der Waals surface area contributed by atoms with Gasteiger partial charge in [-0.15, -0.1) is 0 Å². The third-order valence-electron chi connectivity index (χ3n) is 6.15. The van der Waals surface area contributed by atoms with E-state index in [-0.39, 0.29) is 41.3 Å². The number of sulfone groups is 1. The number of anilines is 2. The summed E-state index contributed by atoms with van der Waals surface area (Å²) in [7, 11) is -2.93. The lowest BCUT2D eigenvalue weighted by atomic mass is 10.0. The van der Waals surface area contributed by atoms with Gasteiger partial charge in [-0.1, -0.05) is 6.07 Å². The van der Waals surface area contributed by atoms with Gasteiger partial charge in [-0.25, -0.2) is 8.42 Å². The van der Waals surface area contributed by atoms with Gasteiger partial charge in [-0.3, -0.25) is 14.3 Å². The Morgan fingerprint density at radius 1 is 1.10 bits per heavy atom. The molecule has 30 heavy (non-hydrogen) atoms. The number of nitrogens with zero attached hydrogens (tertiary/aromatic N) is 4. The van der Waals surface area contributed by atoms with Crippen LogP contribution in [0, 0.1) is 5.92 Å². The van der Waals surface area contributed by atoms with Crippen molar-refractivity contribution in [1.82, 2.24) is 9.78 Å². The summed E-state index contributed by atoms with van der Waals surface area (Å²) in [6, 6.07) is 5.54. The van der Waals surface area contributed by atoms with Crippen LogP contribution in [0.4, 0.5) is 11.4 Å². The van der Waals surface area contributed by atoms with Crippen molar-refractivity contribution in [1.29, 1.82) is 0 Å². The van der Waals surface area contributed by atoms with Crippen LogP contribution in [-0.2, 0) is 19.4 Å². The van der Waals surface area contributed by atoms with Crippen molar-refractivity contribution in [2.75, 3.05) is 27.9 Å². The maximum absolute atomic E-state index is 12.9. The third kappa shape index (κ3) is 3.21. The molecule has 8 nitrogen and oxygen atoms in total. The van der Waals surface area contributed by atoms with Crippen LogP contribution in [0.3, 0.4) is 0 Å². The topological polar surface area (TPSA) is 92.6 Å². The molecule has 5 rings (SSSR count). The van der Waals surface area contributed by atoms with Crippen LogP contribution in [0.15, 0.2) is 30.6 Å². The van der Waals surface area contributed by atoms with E-state index in [9.17, 15) is 18.0 Å². The Morgan fingerprint density at radius 2 is 1.83 bits per heavy atom. The maximum atomic E-state index is 12.9. The minimum atomic E-state index is -2.93. The maximum Gasteiger partial charge on any atom is 0.230 e. The molecule has 0 unspecified atom stereocenters. The first-order chi connectivity index (χ1) is 14.2. The lowest BCUT2D eigenvalue weighted by Crippen LogP contribution is -2.51. The highest BCUT2D eigenvalue weighted by Crippen LogP contribution is 2.42. The minimum absolute atomic E-state index is 0.0472. The number of benzene rings is 1. The molecular weight excluding hydrogens is 404 g/mol. The largest absolute Gasteiger partial charge is 0.308 e. The van der Waals surface area contributed by atoms with E-state index in [1.165, 1.54) is 0 Å². The SMILES string of the molecule is CC(=O)N1c2ccc(-c3cnn(C4CS(=O)(=O)C4)c3)cc2N(C(=O)C2CC2)C[C@@H]1C. The predicted octanol–water partition coefficient (Wildman–Crippen LogP) is 2.02. The zero-order valence-corrected chi connectivity index (χ0v) is 17.8. The Labute approximate surface area is 175 Å². The second-order valence-electron chi connectivity index (χ2n) is 8.60. The summed E-state index contributed by atoms with van der Waals surface area (Å²) in [4.78, 5) is 28.8. The van der Waals surface area contributed by atoms with Crippen LogP contribution >= 0.6 is 0 Å². The lowest BCUT2D eigenvalue weighted by molar-refractivity contribution is -0.120. The molecule has 158 valence electrons. The van der Waals surface area contributed by atoms with Gasteiger partial charge in [0.05, 0.1) is 41.2 Å². The lowest BCUT2D eigenvalue weighted by Gasteiger charge is -2.41. The van der Waals surface area contributed by atoms with E-state index >= 15 is 0 Å². The standard InChI is InChI=1S/C21H24N4O4S/c1-13-9-23(21(27)15-3-4-15)20-7-16(5-6-19(20)25(13)14(2)26)17-8-22-24(10-17)18-11-30(28,29)12-18/h5-8,10,13,15,18H,3-4,9,11-12H2,1-2H3/t13-/m0/s1. The number of fused-ring (bicyclic) bond motifs is 1. The normalized spacial score (nSPS) is 23.1. The smallest absolute Gasteiger partial charge is 0.230 e. The fourth-order valence-corrected chi connectivity index (χ4v) is 5.80. The molecule has 1 aromatic carbocycles. The van der Waals surface area contributed by atoms with Crippen molar-refractivity contribution in [3.63, 3.8) is 0 Å². The summed E-state index contributed by atoms with van der Waals surface area (Å²) in [5.74, 6) is 0.398. The third-order valence-corrected chi connectivity index (χ3v) is 7.93. The summed E-state index contributed by atoms with van der Waals surface area (Å²) < 4.78 is 24.6. The van der Waals surface area contributed by atoms with Crippen LogP contribution in [0.1, 0.15) is 32.7 Å². The highest BCUT2D eigenvalue weighted by Gasteiger charge is 2.40. The Bertz CT molecular complexity index is 1140. The number of carbonyl (C=O) groups excluding carboxylic acids is 2. The number of hydrogen-bond donors (Lipinski definition) is 0. The first-order valence-electron chi connectivity index (χ1n) is 10.2. The average Bonchev–Trinajstić information content (AvgIpc) is 3.41. The van der Waals surface area contributed by atoms with Crippen molar-refractivity contribution in [2.24, 2.45) is 5.92 Å². The van der Waals surface area contributed by atoms with Crippen molar-refractivity contribution in [2.45, 2.75) is 38.8 Å². The quantitative estimate of drug-likeness (QED) is 0.746. The molecule has 0 bridgehead atoms. The summed E-state index contributed by atoms with van der Waals surface area (Å²) in [6.07, 6.45) is 5.41. The van der Waals surface area contributed by atoms with Crippen molar-refractivity contribution in [3.8, 4) is 11.1 Å². The van der Waals surface area contributed by atoms with E-state index in [1.54, 1.807) is 22.7 Å². The number of aromatic nitrogens is 2. The zero-order valence-electron chi connectivity index (χ0n) is 17.0. The number of hydrogen-bond acceptors (Lipinski definition) is 5. The van der Waals surface area contributed by atoms with Crippen LogP contribution < -0.4 is 9.80 Å². The molecule has 1 saturated heterocycles. The van der Waals surface area contributed by atoms with E-state index in [2.05, 4.69) is 5.10 Å². The summed E-state index contributed by atoms with van der Waals surface area (Å²) in [6.45, 7) is 3.98. The van der Waals surface area contributed by atoms with Gasteiger partial charge < -0.3 is 9.80 Å². The van der Waals surface area contributed by atoms with Gasteiger partial charge in [0.15, 0.2) is 9.84 Å². The number of carbonyl (C=O) groups is 2. The van der Waals surface area contributed by atoms with Gasteiger partial charge in [-0.05, 0) is 37.5 Å². The number of amides is 2. The summed E-state index contributed by atoms with van der Waals surface area (Å²) >= 11 is 0. The molecule has 3 aliphatic rings. The molecule has 2 amide bonds. The van der Waals surface area contributed by atoms with Gasteiger partial charge >= 0.3 is 0 Å². The first kappa shape index (κ1) is 19.3. The van der Waals surface area contributed by atoms with Crippen LogP contribution in [0.2, 0.25) is 0 Å². The summed E-state index contributed by atoms with van der Waals surface area (Å²) in [5.41, 5.74) is 3.23. The Hall–Kier alpha value is -2.68. The van der Waals surface area contributed by atoms with Crippen LogP contribution in [-0.4, -0.2) is 54.1 Å².